The largest absolute Gasteiger partial charge is 0.462 e. The Kier molecular flexibility index (Phi) is 4.30. The molecule has 0 saturated heterocycles. The molecule has 3 rings (SSSR count). The Hall–Kier alpha value is -3.13. The summed E-state index contributed by atoms with van der Waals surface area (Å²) >= 11 is 0. The van der Waals surface area contributed by atoms with Gasteiger partial charge in [-0.2, -0.15) is 5.26 Å². The Balaban J connectivity index is 2.10. The second kappa shape index (κ2) is 6.55. The van der Waals surface area contributed by atoms with E-state index in [-0.39, 0.29) is 5.92 Å². The second-order valence-corrected chi connectivity index (χ2v) is 5.50. The molecule has 1 atom stereocenters. The monoisotopic (exact) mass is 319 g/mol. The molecule has 0 spiro atoms. The molecule has 1 unspecified atom stereocenters. The number of carbonyl (C=O) groups excluding carboxylic acids is 1. The van der Waals surface area contributed by atoms with E-state index in [9.17, 15) is 10.1 Å². The van der Waals surface area contributed by atoms with Crippen LogP contribution in [0.2, 0.25) is 0 Å². The fourth-order valence-electron chi connectivity index (χ4n) is 2.77. The molecule has 120 valence electrons. The smallest absolute Gasteiger partial charge is 0.339 e. The van der Waals surface area contributed by atoms with Gasteiger partial charge in [-0.15, -0.1) is 0 Å². The van der Waals surface area contributed by atoms with E-state index in [1.165, 1.54) is 6.20 Å². The fraction of sp³-hybridized carbons (Fsp3) is 0.211. The Morgan fingerprint density at radius 2 is 2.12 bits per heavy atom. The van der Waals surface area contributed by atoms with Crippen molar-refractivity contribution in [2.45, 2.75) is 19.8 Å². The Morgan fingerprint density at radius 1 is 1.38 bits per heavy atom. The minimum absolute atomic E-state index is 0.0149. The van der Waals surface area contributed by atoms with Gasteiger partial charge in [0.25, 0.3) is 0 Å². The number of rotatable bonds is 4. The molecule has 0 radical (unpaired) electrons. The summed E-state index contributed by atoms with van der Waals surface area (Å²) < 4.78 is 5.00. The number of ether oxygens (including phenoxy) is 1. The van der Waals surface area contributed by atoms with Gasteiger partial charge in [0.05, 0.1) is 17.7 Å². The van der Waals surface area contributed by atoms with Gasteiger partial charge >= 0.3 is 5.97 Å². The van der Waals surface area contributed by atoms with E-state index < -0.39 is 5.97 Å². The van der Waals surface area contributed by atoms with Crippen molar-refractivity contribution in [2.75, 3.05) is 6.61 Å². The average Bonchev–Trinajstić information content (AvgIpc) is 2.99. The lowest BCUT2D eigenvalue weighted by atomic mass is 9.95. The number of H-pyrrole nitrogens is 1. The molecule has 24 heavy (non-hydrogen) atoms. The normalized spacial score (nSPS) is 11.9. The minimum atomic E-state index is -0.436. The van der Waals surface area contributed by atoms with Crippen LogP contribution in [0.5, 0.6) is 0 Å². The first-order valence-corrected chi connectivity index (χ1v) is 7.79. The molecule has 0 aliphatic heterocycles. The zero-order valence-corrected chi connectivity index (χ0v) is 13.5. The molecule has 2 aromatic heterocycles. The molecule has 1 N–H and O–H groups in total. The summed E-state index contributed by atoms with van der Waals surface area (Å²) in [5.74, 6) is -0.421. The number of hydrogen-bond acceptors (Lipinski definition) is 4. The van der Waals surface area contributed by atoms with Crippen LogP contribution in [0.1, 0.15) is 46.9 Å². The number of nitriles is 1. The van der Waals surface area contributed by atoms with Crippen LogP contribution in [0.3, 0.4) is 0 Å². The van der Waals surface area contributed by atoms with E-state index in [0.717, 1.165) is 11.3 Å². The molecule has 5 heteroatoms. The lowest BCUT2D eigenvalue weighted by Crippen LogP contribution is -2.04. The number of aromatic nitrogens is 2. The molecule has 3 aromatic rings. The van der Waals surface area contributed by atoms with Crippen molar-refractivity contribution in [3.63, 3.8) is 0 Å². The van der Waals surface area contributed by atoms with Crippen LogP contribution in [-0.2, 0) is 4.74 Å². The van der Waals surface area contributed by atoms with Gasteiger partial charge < -0.3 is 9.72 Å². The third kappa shape index (κ3) is 2.74. The molecule has 0 fully saturated rings. The molecule has 0 saturated carbocycles. The van der Waals surface area contributed by atoms with Gasteiger partial charge in [0.2, 0.25) is 0 Å². The summed E-state index contributed by atoms with van der Waals surface area (Å²) in [6.07, 6.45) is 1.47. The van der Waals surface area contributed by atoms with Crippen molar-refractivity contribution in [3.05, 3.63) is 65.0 Å². The molecule has 5 nitrogen and oxygen atoms in total. The molecule has 0 aliphatic carbocycles. The maximum Gasteiger partial charge on any atom is 0.339 e. The summed E-state index contributed by atoms with van der Waals surface area (Å²) in [6, 6.07) is 13.9. The first-order chi connectivity index (χ1) is 11.7. The first-order valence-electron chi connectivity index (χ1n) is 7.79. The quantitative estimate of drug-likeness (QED) is 0.743. The Morgan fingerprint density at radius 3 is 2.79 bits per heavy atom. The van der Waals surface area contributed by atoms with Crippen LogP contribution in [-0.4, -0.2) is 22.5 Å². The third-order valence-electron chi connectivity index (χ3n) is 4.03. The van der Waals surface area contributed by atoms with Gasteiger partial charge in [-0.3, -0.25) is 0 Å². The highest BCUT2D eigenvalue weighted by Gasteiger charge is 2.20. The predicted octanol–water partition coefficient (Wildman–Crippen LogP) is 3.76. The molecule has 0 amide bonds. The van der Waals surface area contributed by atoms with Crippen molar-refractivity contribution >= 4 is 17.0 Å². The number of fused-ring (bicyclic) bond motifs is 1. The number of nitrogens with zero attached hydrogens (tertiary/aromatic N) is 2. The van der Waals surface area contributed by atoms with Crippen molar-refractivity contribution in [1.82, 2.24) is 9.97 Å². The van der Waals surface area contributed by atoms with Crippen LogP contribution in [0.4, 0.5) is 0 Å². The number of carbonyl (C=O) groups is 1. The van der Waals surface area contributed by atoms with Gasteiger partial charge in [-0.25, -0.2) is 9.78 Å². The van der Waals surface area contributed by atoms with E-state index in [0.29, 0.717) is 28.8 Å². The Bertz CT molecular complexity index is 923. The number of hydrogen-bond donors (Lipinski definition) is 1. The molecular formula is C19H17N3O2. The zero-order chi connectivity index (χ0) is 17.1. The van der Waals surface area contributed by atoms with E-state index in [4.69, 9.17) is 4.74 Å². The maximum absolute atomic E-state index is 11.9. The summed E-state index contributed by atoms with van der Waals surface area (Å²) in [6.45, 7) is 4.08. The SMILES string of the molecule is CCOC(=O)c1cnc2[nH]c(C(C)c3ccccc3)c(C#N)c2c1. The van der Waals surface area contributed by atoms with Gasteiger partial charge in [0.1, 0.15) is 11.7 Å². The van der Waals surface area contributed by atoms with E-state index >= 15 is 0 Å². The number of pyridine rings is 1. The van der Waals surface area contributed by atoms with E-state index in [1.807, 2.05) is 37.3 Å². The van der Waals surface area contributed by atoms with Crippen molar-refractivity contribution < 1.29 is 9.53 Å². The summed E-state index contributed by atoms with van der Waals surface area (Å²) in [5, 5.41) is 10.3. The van der Waals surface area contributed by atoms with E-state index in [1.54, 1.807) is 13.0 Å². The van der Waals surface area contributed by atoms with Gasteiger partial charge in [0.15, 0.2) is 0 Å². The molecule has 1 aromatic carbocycles. The standard InChI is InChI=1S/C19H17N3O2/c1-3-24-19(23)14-9-15-16(10-20)17(22-18(15)21-11-14)12(2)13-7-5-4-6-8-13/h4-9,11-12H,3H2,1-2H3,(H,21,22). The third-order valence-corrected chi connectivity index (χ3v) is 4.03. The van der Waals surface area contributed by atoms with Gasteiger partial charge in [-0.05, 0) is 18.6 Å². The molecule has 0 aliphatic rings. The molecular weight excluding hydrogens is 302 g/mol. The van der Waals surface area contributed by atoms with Crippen molar-refractivity contribution in [1.29, 1.82) is 5.26 Å². The number of nitrogens with one attached hydrogen (secondary N) is 1. The highest BCUT2D eigenvalue weighted by atomic mass is 16.5. The number of benzene rings is 1. The van der Waals surface area contributed by atoms with Crippen LogP contribution < -0.4 is 0 Å². The van der Waals surface area contributed by atoms with Crippen molar-refractivity contribution in [3.8, 4) is 6.07 Å². The first kappa shape index (κ1) is 15.8. The average molecular weight is 319 g/mol. The van der Waals surface area contributed by atoms with Crippen LogP contribution in [0.15, 0.2) is 42.6 Å². The fourth-order valence-corrected chi connectivity index (χ4v) is 2.77. The topological polar surface area (TPSA) is 78.8 Å². The number of esters is 1. The van der Waals surface area contributed by atoms with E-state index in [2.05, 4.69) is 16.0 Å². The molecule has 0 bridgehead atoms. The van der Waals surface area contributed by atoms with Gasteiger partial charge in [0, 0.05) is 23.2 Å². The Labute approximate surface area is 139 Å². The minimum Gasteiger partial charge on any atom is -0.462 e. The summed E-state index contributed by atoms with van der Waals surface area (Å²) in [4.78, 5) is 19.4. The lowest BCUT2D eigenvalue weighted by Gasteiger charge is -2.10. The maximum atomic E-state index is 11.9. The summed E-state index contributed by atoms with van der Waals surface area (Å²) in [5.41, 5.74) is 3.36. The van der Waals surface area contributed by atoms with Gasteiger partial charge in [-0.1, -0.05) is 37.3 Å². The highest BCUT2D eigenvalue weighted by molar-refractivity contribution is 5.95. The van der Waals surface area contributed by atoms with Crippen LogP contribution >= 0.6 is 0 Å². The highest BCUT2D eigenvalue weighted by Crippen LogP contribution is 2.30. The molecule has 2 heterocycles. The van der Waals surface area contributed by atoms with Crippen molar-refractivity contribution in [2.24, 2.45) is 0 Å². The zero-order valence-electron chi connectivity index (χ0n) is 13.5. The lowest BCUT2D eigenvalue weighted by molar-refractivity contribution is 0.0526. The van der Waals surface area contributed by atoms with Crippen LogP contribution in [0.25, 0.3) is 11.0 Å². The predicted molar refractivity (Wildman–Crippen MR) is 90.7 cm³/mol. The summed E-state index contributed by atoms with van der Waals surface area (Å²) in [7, 11) is 0. The number of aromatic amines is 1. The van der Waals surface area contributed by atoms with Crippen LogP contribution in [0, 0.1) is 11.3 Å². The second-order valence-electron chi connectivity index (χ2n) is 5.50.